The monoisotopic (exact) mass is 236 g/mol. The van der Waals surface area contributed by atoms with Crippen LogP contribution in [0.3, 0.4) is 0 Å². The summed E-state index contributed by atoms with van der Waals surface area (Å²) in [5.74, 6) is 0.685. The molecule has 1 aromatic carbocycles. The largest absolute Gasteiger partial charge is 0.123 e. The lowest BCUT2D eigenvalue weighted by Crippen LogP contribution is -2.06. The second-order valence-electron chi connectivity index (χ2n) is 5.10. The van der Waals surface area contributed by atoms with Crippen LogP contribution < -0.4 is 0 Å². The average Bonchev–Trinajstić information content (AvgIpc) is 2.47. The van der Waals surface area contributed by atoms with Crippen molar-refractivity contribution in [2.75, 3.05) is 0 Å². The summed E-state index contributed by atoms with van der Waals surface area (Å²) in [7, 11) is 0. The van der Waals surface area contributed by atoms with E-state index in [9.17, 15) is 0 Å². The van der Waals surface area contributed by atoms with Crippen LogP contribution in [0.25, 0.3) is 0 Å². The van der Waals surface area contributed by atoms with Gasteiger partial charge < -0.3 is 0 Å². The quantitative estimate of drug-likeness (QED) is 0.478. The Hall–Kier alpha value is -0.490. The van der Waals surface area contributed by atoms with E-state index < -0.39 is 0 Å². The Bertz CT molecular complexity index is 356. The van der Waals surface area contributed by atoms with E-state index in [-0.39, 0.29) is 0 Å². The highest BCUT2D eigenvalue weighted by Crippen LogP contribution is 2.35. The van der Waals surface area contributed by atoms with Crippen LogP contribution in [0.1, 0.15) is 54.7 Å². The van der Waals surface area contributed by atoms with Gasteiger partial charge in [-0.05, 0) is 55.7 Å². The Morgan fingerprint density at radius 3 is 2.69 bits per heavy atom. The van der Waals surface area contributed by atoms with Crippen molar-refractivity contribution in [1.29, 1.82) is 0 Å². The molecule has 1 saturated carbocycles. The van der Waals surface area contributed by atoms with Crippen molar-refractivity contribution in [3.63, 3.8) is 0 Å². The Morgan fingerprint density at radius 1 is 1.12 bits per heavy atom. The molecular weight excluding hydrogens is 216 g/mol. The molecular formula is C15H21Cl. The first-order valence-electron chi connectivity index (χ1n) is 6.38. The normalized spacial score (nSPS) is 26.4. The Kier molecular flexibility index (Phi) is 3.91. The zero-order chi connectivity index (χ0) is 11.5. The number of aryl methyl sites for hydroxylation is 1. The summed E-state index contributed by atoms with van der Waals surface area (Å²) in [6, 6.07) is 6.68. The molecule has 0 bridgehead atoms. The molecule has 0 aromatic heterocycles. The van der Waals surface area contributed by atoms with Gasteiger partial charge in [-0.2, -0.15) is 0 Å². The van der Waals surface area contributed by atoms with Gasteiger partial charge in [0.05, 0.1) is 0 Å². The summed E-state index contributed by atoms with van der Waals surface area (Å²) in [4.78, 5) is 0. The standard InChI is InChI=1S/C15H21Cl/c1-11-6-5-9-15(12(11)2)13-7-3-4-8-14(16)10-13/h5-6,9,13-14H,3-4,7-8,10H2,1-2H3. The van der Waals surface area contributed by atoms with Gasteiger partial charge in [0, 0.05) is 5.38 Å². The van der Waals surface area contributed by atoms with Crippen LogP contribution in [0, 0.1) is 13.8 Å². The zero-order valence-electron chi connectivity index (χ0n) is 10.3. The molecule has 16 heavy (non-hydrogen) atoms. The van der Waals surface area contributed by atoms with Crippen molar-refractivity contribution in [1.82, 2.24) is 0 Å². The number of hydrogen-bond acceptors (Lipinski definition) is 0. The number of alkyl halides is 1. The van der Waals surface area contributed by atoms with Gasteiger partial charge >= 0.3 is 0 Å². The number of hydrogen-bond donors (Lipinski definition) is 0. The van der Waals surface area contributed by atoms with E-state index >= 15 is 0 Å². The molecule has 0 nitrogen and oxygen atoms in total. The molecule has 0 aliphatic heterocycles. The van der Waals surface area contributed by atoms with E-state index in [1.165, 1.54) is 42.4 Å². The molecule has 1 heteroatoms. The van der Waals surface area contributed by atoms with E-state index in [4.69, 9.17) is 11.6 Å². The first-order chi connectivity index (χ1) is 7.68. The van der Waals surface area contributed by atoms with Crippen molar-refractivity contribution in [3.05, 3.63) is 34.9 Å². The van der Waals surface area contributed by atoms with Crippen LogP contribution in [0.15, 0.2) is 18.2 Å². The maximum absolute atomic E-state index is 6.36. The van der Waals surface area contributed by atoms with Crippen LogP contribution in [-0.2, 0) is 0 Å². The van der Waals surface area contributed by atoms with E-state index in [0.29, 0.717) is 11.3 Å². The lowest BCUT2D eigenvalue weighted by molar-refractivity contribution is 0.592. The SMILES string of the molecule is Cc1cccc(C2CCCCC(Cl)C2)c1C. The van der Waals surface area contributed by atoms with Gasteiger partial charge in [0.2, 0.25) is 0 Å². The molecule has 0 saturated heterocycles. The van der Waals surface area contributed by atoms with Crippen molar-refractivity contribution in [3.8, 4) is 0 Å². The summed E-state index contributed by atoms with van der Waals surface area (Å²) in [5, 5.41) is 0.382. The number of rotatable bonds is 1. The fourth-order valence-corrected chi connectivity index (χ4v) is 3.17. The molecule has 1 fully saturated rings. The third-order valence-corrected chi connectivity index (χ3v) is 4.34. The van der Waals surface area contributed by atoms with Gasteiger partial charge in [-0.1, -0.05) is 31.0 Å². The molecule has 1 aromatic rings. The number of benzene rings is 1. The predicted molar refractivity (Wildman–Crippen MR) is 71.4 cm³/mol. The molecule has 0 amide bonds. The highest BCUT2D eigenvalue weighted by molar-refractivity contribution is 6.20. The minimum Gasteiger partial charge on any atom is -0.123 e. The second kappa shape index (κ2) is 5.23. The minimum atomic E-state index is 0.382. The van der Waals surface area contributed by atoms with Gasteiger partial charge in [0.1, 0.15) is 0 Å². The third kappa shape index (κ3) is 2.60. The lowest BCUT2D eigenvalue weighted by Gasteiger charge is -2.20. The summed E-state index contributed by atoms with van der Waals surface area (Å²) >= 11 is 6.36. The molecule has 2 rings (SSSR count). The topological polar surface area (TPSA) is 0 Å². The summed E-state index contributed by atoms with van der Waals surface area (Å²) in [6.07, 6.45) is 6.30. The Labute approximate surface area is 104 Å². The smallest absolute Gasteiger partial charge is 0.0341 e. The minimum absolute atomic E-state index is 0.382. The second-order valence-corrected chi connectivity index (χ2v) is 5.72. The van der Waals surface area contributed by atoms with Gasteiger partial charge in [-0.25, -0.2) is 0 Å². The molecule has 2 unspecified atom stereocenters. The summed E-state index contributed by atoms with van der Waals surface area (Å²) in [6.45, 7) is 4.45. The fraction of sp³-hybridized carbons (Fsp3) is 0.600. The maximum atomic E-state index is 6.36. The lowest BCUT2D eigenvalue weighted by atomic mass is 9.87. The average molecular weight is 237 g/mol. The molecule has 1 aliphatic carbocycles. The first-order valence-corrected chi connectivity index (χ1v) is 6.82. The maximum Gasteiger partial charge on any atom is 0.0341 e. The van der Waals surface area contributed by atoms with E-state index in [1.54, 1.807) is 0 Å². The molecule has 0 N–H and O–H groups in total. The van der Waals surface area contributed by atoms with E-state index in [2.05, 4.69) is 32.0 Å². The summed E-state index contributed by atoms with van der Waals surface area (Å²) < 4.78 is 0. The van der Waals surface area contributed by atoms with E-state index in [0.717, 1.165) is 6.42 Å². The molecule has 0 heterocycles. The van der Waals surface area contributed by atoms with Gasteiger partial charge in [0.25, 0.3) is 0 Å². The molecule has 1 aliphatic rings. The van der Waals surface area contributed by atoms with Crippen LogP contribution in [-0.4, -0.2) is 5.38 Å². The van der Waals surface area contributed by atoms with Crippen molar-refractivity contribution in [2.45, 2.75) is 57.2 Å². The van der Waals surface area contributed by atoms with Crippen LogP contribution in [0.5, 0.6) is 0 Å². The number of halogens is 1. The van der Waals surface area contributed by atoms with Crippen LogP contribution in [0.2, 0.25) is 0 Å². The van der Waals surface area contributed by atoms with E-state index in [1.807, 2.05) is 0 Å². The Balaban J connectivity index is 2.24. The molecule has 0 spiro atoms. The van der Waals surface area contributed by atoms with Gasteiger partial charge in [0.15, 0.2) is 0 Å². The third-order valence-electron chi connectivity index (χ3n) is 3.95. The zero-order valence-corrected chi connectivity index (χ0v) is 11.1. The predicted octanol–water partition coefficient (Wildman–Crippen LogP) is 4.96. The molecule has 88 valence electrons. The fourth-order valence-electron chi connectivity index (χ4n) is 2.80. The highest BCUT2D eigenvalue weighted by atomic mass is 35.5. The molecule has 0 radical (unpaired) electrons. The molecule has 2 atom stereocenters. The van der Waals surface area contributed by atoms with Gasteiger partial charge in [-0.3, -0.25) is 0 Å². The van der Waals surface area contributed by atoms with Crippen molar-refractivity contribution in [2.24, 2.45) is 0 Å². The first kappa shape index (κ1) is 12.0. The summed E-state index contributed by atoms with van der Waals surface area (Å²) in [5.41, 5.74) is 4.42. The van der Waals surface area contributed by atoms with Crippen molar-refractivity contribution >= 4 is 11.6 Å². The van der Waals surface area contributed by atoms with Crippen LogP contribution in [0.4, 0.5) is 0 Å². The highest BCUT2D eigenvalue weighted by Gasteiger charge is 2.21. The van der Waals surface area contributed by atoms with Gasteiger partial charge in [-0.15, -0.1) is 11.6 Å². The Morgan fingerprint density at radius 2 is 1.88 bits per heavy atom. The van der Waals surface area contributed by atoms with Crippen LogP contribution >= 0.6 is 11.6 Å². The van der Waals surface area contributed by atoms with Crippen molar-refractivity contribution < 1.29 is 0 Å².